The fraction of sp³-hybridized carbons (Fsp3) is 0.310. The van der Waals surface area contributed by atoms with Crippen LogP contribution in [0.25, 0.3) is 11.1 Å². The molecule has 1 N–H and O–H groups in total. The van der Waals surface area contributed by atoms with Crippen LogP contribution in [0.5, 0.6) is 0 Å². The predicted molar refractivity (Wildman–Crippen MR) is 143 cm³/mol. The number of nitrogens with zero attached hydrogens (tertiary/aromatic N) is 4. The molecule has 0 aliphatic rings. The number of nitriles is 1. The van der Waals surface area contributed by atoms with Gasteiger partial charge < -0.3 is 5.43 Å². The van der Waals surface area contributed by atoms with Crippen LogP contribution >= 0.6 is 0 Å². The first-order chi connectivity index (χ1) is 17.0. The molecule has 0 atom stereocenters. The third-order valence-electron chi connectivity index (χ3n) is 5.93. The molecule has 0 unspecified atom stereocenters. The molecule has 3 aromatic rings. The number of allylic oxidation sites excluding steroid dienone is 2. The molecule has 1 heterocycles. The van der Waals surface area contributed by atoms with E-state index in [-0.39, 0.29) is 5.56 Å². The number of aromatic nitrogens is 2. The lowest BCUT2D eigenvalue weighted by Gasteiger charge is -2.16. The quantitative estimate of drug-likeness (QED) is 0.329. The minimum absolute atomic E-state index is 0.0178. The molecule has 0 saturated carbocycles. The largest absolute Gasteiger partial charge is 0.313 e. The molecule has 0 spiro atoms. The zero-order valence-corrected chi connectivity index (χ0v) is 21.0. The maximum Gasteiger partial charge on any atom is 0.257 e. The molecule has 1 aromatic heterocycles. The Morgan fingerprint density at radius 3 is 2.60 bits per heavy atom. The lowest BCUT2D eigenvalue weighted by Crippen LogP contribution is -2.32. The normalized spacial score (nSPS) is 11.6. The summed E-state index contributed by atoms with van der Waals surface area (Å²) < 4.78 is 1.71. The van der Waals surface area contributed by atoms with Crippen LogP contribution in [0.2, 0.25) is 0 Å². The van der Waals surface area contributed by atoms with Crippen LogP contribution in [0.15, 0.2) is 70.6 Å². The fourth-order valence-electron chi connectivity index (χ4n) is 4.13. The van der Waals surface area contributed by atoms with Gasteiger partial charge in [-0.15, -0.1) is 0 Å². The van der Waals surface area contributed by atoms with Gasteiger partial charge in [0.1, 0.15) is 5.82 Å². The molecule has 3 rings (SSSR count). The first-order valence-corrected chi connectivity index (χ1v) is 12.1. The third kappa shape index (κ3) is 6.33. The van der Waals surface area contributed by atoms with Crippen LogP contribution < -0.4 is 11.0 Å². The van der Waals surface area contributed by atoms with Crippen LogP contribution in [0.1, 0.15) is 54.9 Å². The summed E-state index contributed by atoms with van der Waals surface area (Å²) >= 11 is 0. The van der Waals surface area contributed by atoms with E-state index >= 15 is 0 Å². The van der Waals surface area contributed by atoms with Gasteiger partial charge in [0, 0.05) is 19.0 Å². The first-order valence-electron chi connectivity index (χ1n) is 12.1. The van der Waals surface area contributed by atoms with E-state index in [0.29, 0.717) is 24.4 Å². The maximum absolute atomic E-state index is 13.7. The van der Waals surface area contributed by atoms with Crippen molar-refractivity contribution >= 4 is 5.71 Å². The van der Waals surface area contributed by atoms with E-state index < -0.39 is 0 Å². The molecule has 0 saturated heterocycles. The van der Waals surface area contributed by atoms with Crippen molar-refractivity contribution < 1.29 is 0 Å². The summed E-state index contributed by atoms with van der Waals surface area (Å²) in [5, 5.41) is 13.7. The molecule has 6 nitrogen and oxygen atoms in total. The second-order valence-corrected chi connectivity index (χ2v) is 8.44. The van der Waals surface area contributed by atoms with E-state index in [4.69, 9.17) is 4.98 Å². The molecule has 0 aliphatic heterocycles. The zero-order valence-electron chi connectivity index (χ0n) is 21.0. The SMILES string of the molecule is C/C=C/C(Cn1c(C)nc(CCCC)c(Cc2ccc(-c3ccccc3C#N)cc2)c1=O)=N\NC. The number of hydrazone groups is 1. The van der Waals surface area contributed by atoms with Crippen LogP contribution in [-0.2, 0) is 19.4 Å². The average Bonchev–Trinajstić information content (AvgIpc) is 2.87. The predicted octanol–water partition coefficient (Wildman–Crippen LogP) is 5.18. The molecule has 0 radical (unpaired) electrons. The van der Waals surface area contributed by atoms with Gasteiger partial charge in [0.25, 0.3) is 5.56 Å². The number of rotatable bonds is 10. The van der Waals surface area contributed by atoms with E-state index in [1.54, 1.807) is 11.6 Å². The van der Waals surface area contributed by atoms with Crippen molar-refractivity contribution in [3.8, 4) is 17.2 Å². The van der Waals surface area contributed by atoms with Crippen molar-refractivity contribution in [2.24, 2.45) is 5.10 Å². The van der Waals surface area contributed by atoms with Gasteiger partial charge in [-0.1, -0.05) is 61.9 Å². The Balaban J connectivity index is 2.00. The van der Waals surface area contributed by atoms with Crippen molar-refractivity contribution in [1.29, 1.82) is 5.26 Å². The van der Waals surface area contributed by atoms with E-state index in [2.05, 4.69) is 23.5 Å². The summed E-state index contributed by atoms with van der Waals surface area (Å²) in [5.74, 6) is 0.696. The van der Waals surface area contributed by atoms with Crippen molar-refractivity contribution in [3.63, 3.8) is 0 Å². The number of aryl methyl sites for hydroxylation is 2. The van der Waals surface area contributed by atoms with E-state index in [1.165, 1.54) is 0 Å². The smallest absolute Gasteiger partial charge is 0.257 e. The first kappa shape index (κ1) is 25.6. The summed E-state index contributed by atoms with van der Waals surface area (Å²) in [6.07, 6.45) is 7.11. The molecular formula is C29H33N5O. The maximum atomic E-state index is 13.7. The molecule has 35 heavy (non-hydrogen) atoms. The number of hydrogen-bond acceptors (Lipinski definition) is 5. The monoisotopic (exact) mass is 467 g/mol. The summed E-state index contributed by atoms with van der Waals surface area (Å²) in [5.41, 5.74) is 8.74. The van der Waals surface area contributed by atoms with Gasteiger partial charge in [-0.25, -0.2) is 4.98 Å². The van der Waals surface area contributed by atoms with Crippen LogP contribution in [0.4, 0.5) is 0 Å². The van der Waals surface area contributed by atoms with Gasteiger partial charge in [0.2, 0.25) is 0 Å². The Morgan fingerprint density at radius 1 is 1.20 bits per heavy atom. The number of benzene rings is 2. The Bertz CT molecular complexity index is 1310. The highest BCUT2D eigenvalue weighted by Gasteiger charge is 2.16. The van der Waals surface area contributed by atoms with Gasteiger partial charge in [-0.3, -0.25) is 9.36 Å². The minimum Gasteiger partial charge on any atom is -0.313 e. The number of nitrogens with one attached hydrogen (secondary N) is 1. The highest BCUT2D eigenvalue weighted by atomic mass is 16.1. The molecule has 180 valence electrons. The van der Waals surface area contributed by atoms with Crippen molar-refractivity contribution in [2.45, 2.75) is 53.0 Å². The minimum atomic E-state index is -0.0178. The second-order valence-electron chi connectivity index (χ2n) is 8.44. The van der Waals surface area contributed by atoms with Gasteiger partial charge in [-0.2, -0.15) is 10.4 Å². The Labute approximate surface area is 207 Å². The highest BCUT2D eigenvalue weighted by molar-refractivity contribution is 5.94. The van der Waals surface area contributed by atoms with Crippen molar-refractivity contribution in [2.75, 3.05) is 7.05 Å². The van der Waals surface area contributed by atoms with Gasteiger partial charge in [0.05, 0.1) is 29.6 Å². The summed E-state index contributed by atoms with van der Waals surface area (Å²) in [4.78, 5) is 18.5. The molecule has 0 bridgehead atoms. The summed E-state index contributed by atoms with van der Waals surface area (Å²) in [6.45, 7) is 6.31. The molecular weight excluding hydrogens is 434 g/mol. The highest BCUT2D eigenvalue weighted by Crippen LogP contribution is 2.24. The Morgan fingerprint density at radius 2 is 1.94 bits per heavy atom. The summed E-state index contributed by atoms with van der Waals surface area (Å²) in [7, 11) is 1.75. The van der Waals surface area contributed by atoms with Crippen molar-refractivity contribution in [1.82, 2.24) is 15.0 Å². The van der Waals surface area contributed by atoms with Crippen LogP contribution in [0, 0.1) is 18.3 Å². The molecule has 2 aromatic carbocycles. The Kier molecular flexibility index (Phi) is 9.14. The molecule has 6 heteroatoms. The van der Waals surface area contributed by atoms with E-state index in [1.807, 2.05) is 74.5 Å². The standard InChI is InChI=1S/C29H33N5O/c1-5-7-13-28-27(29(35)34(21(3)32-28)20-25(10-6-2)33-31-4)18-22-14-16-23(17-15-22)26-12-9-8-11-24(26)19-30/h6,8-12,14-17,31H,5,7,13,18,20H2,1-4H3/b10-6+,33-25+. The topological polar surface area (TPSA) is 83.1 Å². The van der Waals surface area contributed by atoms with E-state index in [9.17, 15) is 10.1 Å². The lowest BCUT2D eigenvalue weighted by atomic mass is 9.97. The summed E-state index contributed by atoms with van der Waals surface area (Å²) in [6, 6.07) is 17.9. The molecule has 0 amide bonds. The van der Waals surface area contributed by atoms with Crippen LogP contribution in [0.3, 0.4) is 0 Å². The second kappa shape index (κ2) is 12.5. The molecule has 0 aliphatic carbocycles. The third-order valence-corrected chi connectivity index (χ3v) is 5.93. The van der Waals surface area contributed by atoms with Gasteiger partial charge >= 0.3 is 0 Å². The van der Waals surface area contributed by atoms with Crippen LogP contribution in [-0.4, -0.2) is 22.3 Å². The Hall–Kier alpha value is -3.98. The average molecular weight is 468 g/mol. The number of unbranched alkanes of at least 4 members (excludes halogenated alkanes) is 1. The van der Waals surface area contributed by atoms with Gasteiger partial charge in [0.15, 0.2) is 0 Å². The van der Waals surface area contributed by atoms with Crippen molar-refractivity contribution in [3.05, 3.63) is 99.2 Å². The molecule has 0 fully saturated rings. The van der Waals surface area contributed by atoms with E-state index in [0.717, 1.165) is 52.9 Å². The number of hydrogen-bond donors (Lipinski definition) is 1. The van der Waals surface area contributed by atoms with Gasteiger partial charge in [-0.05, 0) is 55.5 Å². The fourth-order valence-corrected chi connectivity index (χ4v) is 4.13. The lowest BCUT2D eigenvalue weighted by molar-refractivity contribution is 0.681. The zero-order chi connectivity index (χ0) is 25.2.